The molecule has 3 heterocycles. The molecule has 8 heteroatoms. The third-order valence-corrected chi connectivity index (χ3v) is 5.67. The predicted octanol–water partition coefficient (Wildman–Crippen LogP) is 3.59. The molecule has 1 amide bonds. The van der Waals surface area contributed by atoms with Crippen LogP contribution in [-0.4, -0.2) is 52.2 Å². The van der Waals surface area contributed by atoms with E-state index < -0.39 is 0 Å². The third kappa shape index (κ3) is 4.22. The number of nitrogens with one attached hydrogen (secondary N) is 1. The smallest absolute Gasteiger partial charge is 0.252 e. The summed E-state index contributed by atoms with van der Waals surface area (Å²) in [5.41, 5.74) is 2.92. The Morgan fingerprint density at radius 2 is 2.06 bits per heavy atom. The van der Waals surface area contributed by atoms with Gasteiger partial charge in [0.25, 0.3) is 5.89 Å². The molecule has 1 N–H and O–H groups in total. The van der Waals surface area contributed by atoms with Crippen molar-refractivity contribution in [2.45, 2.75) is 25.6 Å². The Morgan fingerprint density at radius 3 is 2.91 bits per heavy atom. The van der Waals surface area contributed by atoms with Gasteiger partial charge in [-0.2, -0.15) is 4.98 Å². The molecule has 2 aromatic carbocycles. The van der Waals surface area contributed by atoms with Gasteiger partial charge in [0.05, 0.1) is 13.0 Å². The molecular formula is C24H24N4O4. The van der Waals surface area contributed by atoms with Crippen molar-refractivity contribution in [2.24, 2.45) is 0 Å². The van der Waals surface area contributed by atoms with Crippen molar-refractivity contribution < 1.29 is 18.8 Å². The summed E-state index contributed by atoms with van der Waals surface area (Å²) in [5, 5.41) is 5.06. The number of fused-ring (bicyclic) bond motifs is 1. The number of rotatable bonds is 7. The van der Waals surface area contributed by atoms with Crippen LogP contribution in [-0.2, 0) is 22.6 Å². The summed E-state index contributed by atoms with van der Waals surface area (Å²) in [6, 6.07) is 15.6. The number of likely N-dealkylation sites (tertiary alicyclic amines) is 1. The van der Waals surface area contributed by atoms with E-state index in [0.29, 0.717) is 31.2 Å². The standard InChI is InChI=1S/C24H24N4O4/c1-30-15-22-26-24(27-32-22)16-6-8-18(9-7-16)31-19-10-11-28(14-19)23(29)12-17-13-25-21-5-3-2-4-20(17)21/h2-9,13,19,25H,10-12,14-15H2,1H3. The highest BCUT2D eigenvalue weighted by atomic mass is 16.5. The molecule has 1 atom stereocenters. The molecule has 0 bridgehead atoms. The zero-order chi connectivity index (χ0) is 21.9. The number of aromatic amines is 1. The molecule has 1 saturated heterocycles. The van der Waals surface area contributed by atoms with Crippen molar-refractivity contribution >= 4 is 16.8 Å². The van der Waals surface area contributed by atoms with Crippen molar-refractivity contribution in [3.8, 4) is 17.1 Å². The summed E-state index contributed by atoms with van der Waals surface area (Å²) >= 11 is 0. The quantitative estimate of drug-likeness (QED) is 0.480. The first-order valence-electron chi connectivity index (χ1n) is 10.6. The van der Waals surface area contributed by atoms with Gasteiger partial charge in [0.15, 0.2) is 0 Å². The van der Waals surface area contributed by atoms with Crippen LogP contribution in [0.4, 0.5) is 0 Å². The van der Waals surface area contributed by atoms with E-state index in [9.17, 15) is 4.79 Å². The number of benzene rings is 2. The Labute approximate surface area is 185 Å². The molecule has 8 nitrogen and oxygen atoms in total. The molecule has 0 radical (unpaired) electrons. The monoisotopic (exact) mass is 432 g/mol. The van der Waals surface area contributed by atoms with E-state index in [2.05, 4.69) is 15.1 Å². The fraction of sp³-hybridized carbons (Fsp3) is 0.292. The number of nitrogens with zero attached hydrogens (tertiary/aromatic N) is 3. The number of carbonyl (C=O) groups excluding carboxylic acids is 1. The van der Waals surface area contributed by atoms with Crippen molar-refractivity contribution in [1.29, 1.82) is 0 Å². The summed E-state index contributed by atoms with van der Waals surface area (Å²) in [4.78, 5) is 22.2. The molecular weight excluding hydrogens is 408 g/mol. The number of ether oxygens (including phenoxy) is 2. The number of methoxy groups -OCH3 is 1. The summed E-state index contributed by atoms with van der Waals surface area (Å²) in [5.74, 6) is 1.83. The summed E-state index contributed by atoms with van der Waals surface area (Å²) in [6.07, 6.45) is 3.11. The molecule has 1 fully saturated rings. The van der Waals surface area contributed by atoms with Gasteiger partial charge in [-0.3, -0.25) is 4.79 Å². The van der Waals surface area contributed by atoms with Crippen molar-refractivity contribution in [3.05, 3.63) is 66.2 Å². The molecule has 0 saturated carbocycles. The largest absolute Gasteiger partial charge is 0.489 e. The van der Waals surface area contributed by atoms with Crippen LogP contribution in [0.15, 0.2) is 59.3 Å². The summed E-state index contributed by atoms with van der Waals surface area (Å²) < 4.78 is 16.2. The topological polar surface area (TPSA) is 93.5 Å². The zero-order valence-electron chi connectivity index (χ0n) is 17.8. The lowest BCUT2D eigenvalue weighted by Gasteiger charge is -2.17. The van der Waals surface area contributed by atoms with Crippen molar-refractivity contribution in [1.82, 2.24) is 20.0 Å². The highest BCUT2D eigenvalue weighted by molar-refractivity contribution is 5.89. The Balaban J connectivity index is 1.17. The van der Waals surface area contributed by atoms with E-state index in [4.69, 9.17) is 14.0 Å². The highest BCUT2D eigenvalue weighted by Crippen LogP contribution is 2.24. The predicted molar refractivity (Wildman–Crippen MR) is 118 cm³/mol. The van der Waals surface area contributed by atoms with Crippen LogP contribution >= 0.6 is 0 Å². The summed E-state index contributed by atoms with van der Waals surface area (Å²) in [6.45, 7) is 1.58. The van der Waals surface area contributed by atoms with Gasteiger partial charge >= 0.3 is 0 Å². The molecule has 1 unspecified atom stereocenters. The second-order valence-corrected chi connectivity index (χ2v) is 7.87. The van der Waals surface area contributed by atoms with Gasteiger partial charge < -0.3 is 23.9 Å². The second-order valence-electron chi connectivity index (χ2n) is 7.87. The fourth-order valence-corrected chi connectivity index (χ4v) is 4.03. The average molecular weight is 432 g/mol. The Morgan fingerprint density at radius 1 is 1.22 bits per heavy atom. The molecule has 0 aliphatic carbocycles. The van der Waals surface area contributed by atoms with E-state index >= 15 is 0 Å². The maximum Gasteiger partial charge on any atom is 0.252 e. The number of carbonyl (C=O) groups is 1. The van der Waals surface area contributed by atoms with Crippen LogP contribution in [0.1, 0.15) is 17.9 Å². The van der Waals surface area contributed by atoms with E-state index in [1.807, 2.05) is 59.6 Å². The molecule has 2 aromatic heterocycles. The second kappa shape index (κ2) is 8.84. The van der Waals surface area contributed by atoms with Gasteiger partial charge in [0, 0.05) is 42.7 Å². The maximum absolute atomic E-state index is 12.8. The molecule has 5 rings (SSSR count). The Hall–Kier alpha value is -3.65. The van der Waals surface area contributed by atoms with Crippen LogP contribution in [0.25, 0.3) is 22.3 Å². The zero-order valence-corrected chi connectivity index (χ0v) is 17.8. The molecule has 1 aliphatic rings. The van der Waals surface area contributed by atoms with E-state index in [1.54, 1.807) is 7.11 Å². The number of amides is 1. The fourth-order valence-electron chi connectivity index (χ4n) is 4.03. The van der Waals surface area contributed by atoms with Gasteiger partial charge in [-0.25, -0.2) is 0 Å². The SMILES string of the molecule is COCc1nc(-c2ccc(OC3CCN(C(=O)Cc4c[nH]c5ccccc45)C3)cc2)no1. The van der Waals surface area contributed by atoms with Crippen LogP contribution in [0.3, 0.4) is 0 Å². The Kier molecular flexibility index (Phi) is 5.60. The van der Waals surface area contributed by atoms with E-state index in [0.717, 1.165) is 34.2 Å². The lowest BCUT2D eigenvalue weighted by molar-refractivity contribution is -0.129. The minimum Gasteiger partial charge on any atom is -0.489 e. The lowest BCUT2D eigenvalue weighted by Crippen LogP contribution is -2.32. The molecule has 4 aromatic rings. The van der Waals surface area contributed by atoms with Gasteiger partial charge in [-0.1, -0.05) is 23.4 Å². The van der Waals surface area contributed by atoms with Gasteiger partial charge in [0.1, 0.15) is 18.5 Å². The average Bonchev–Trinajstić information content (AvgIpc) is 3.56. The number of hydrogen-bond donors (Lipinski definition) is 1. The minimum atomic E-state index is -0.0220. The van der Waals surface area contributed by atoms with Crippen LogP contribution in [0, 0.1) is 0 Å². The molecule has 0 spiro atoms. The lowest BCUT2D eigenvalue weighted by atomic mass is 10.1. The van der Waals surface area contributed by atoms with Crippen molar-refractivity contribution in [2.75, 3.05) is 20.2 Å². The minimum absolute atomic E-state index is 0.0220. The highest BCUT2D eigenvalue weighted by Gasteiger charge is 2.28. The number of hydrogen-bond acceptors (Lipinski definition) is 6. The number of H-pyrrole nitrogens is 1. The normalized spacial score (nSPS) is 16.0. The third-order valence-electron chi connectivity index (χ3n) is 5.67. The van der Waals surface area contributed by atoms with Crippen LogP contribution in [0.5, 0.6) is 5.75 Å². The van der Waals surface area contributed by atoms with Crippen LogP contribution < -0.4 is 4.74 Å². The Bertz CT molecular complexity index is 1210. The molecule has 164 valence electrons. The molecule has 1 aliphatic heterocycles. The first-order valence-corrected chi connectivity index (χ1v) is 10.6. The first kappa shape index (κ1) is 20.3. The number of para-hydroxylation sites is 1. The van der Waals surface area contributed by atoms with Gasteiger partial charge in [-0.05, 0) is 35.9 Å². The van der Waals surface area contributed by atoms with Crippen LogP contribution in [0.2, 0.25) is 0 Å². The maximum atomic E-state index is 12.8. The summed E-state index contributed by atoms with van der Waals surface area (Å²) in [7, 11) is 1.58. The van der Waals surface area contributed by atoms with Gasteiger partial charge in [0.2, 0.25) is 11.7 Å². The van der Waals surface area contributed by atoms with E-state index in [1.165, 1.54) is 0 Å². The molecule has 32 heavy (non-hydrogen) atoms. The van der Waals surface area contributed by atoms with E-state index in [-0.39, 0.29) is 18.6 Å². The first-order chi connectivity index (χ1) is 15.7. The number of aromatic nitrogens is 3. The van der Waals surface area contributed by atoms with Crippen molar-refractivity contribution in [3.63, 3.8) is 0 Å². The van der Waals surface area contributed by atoms with Gasteiger partial charge in [-0.15, -0.1) is 0 Å².